The summed E-state index contributed by atoms with van der Waals surface area (Å²) >= 11 is 0.0640. The average Bonchev–Trinajstić information content (AvgIpc) is 3.19. The molecule has 1 radical (unpaired) electrons. The van der Waals surface area contributed by atoms with Crippen LogP contribution in [0.25, 0.3) is 16.0 Å². The maximum absolute atomic E-state index is 4.53. The highest BCUT2D eigenvalue weighted by molar-refractivity contribution is 6.38. The normalized spacial score (nSPS) is 15.8. The number of fused-ring (bicyclic) bond motifs is 2. The molecule has 0 amide bonds. The van der Waals surface area contributed by atoms with Gasteiger partial charge >= 0.3 is 27.2 Å². The fourth-order valence-electron chi connectivity index (χ4n) is 2.92. The van der Waals surface area contributed by atoms with Gasteiger partial charge in [-0.2, -0.15) is 9.83 Å². The van der Waals surface area contributed by atoms with Gasteiger partial charge < -0.3 is 9.28 Å². The lowest BCUT2D eigenvalue weighted by atomic mass is 10.0. The number of hydrogen-bond donors (Lipinski definition) is 2. The van der Waals surface area contributed by atoms with Gasteiger partial charge in [-0.3, -0.25) is 0 Å². The highest BCUT2D eigenvalue weighted by Gasteiger charge is 2.24. The van der Waals surface area contributed by atoms with Gasteiger partial charge in [0.15, 0.2) is 17.2 Å². The van der Waals surface area contributed by atoms with Crippen LogP contribution in [0, 0.1) is 6.07 Å². The van der Waals surface area contributed by atoms with E-state index in [9.17, 15) is 0 Å². The number of benzene rings is 1. The second-order valence-electron chi connectivity index (χ2n) is 5.44. The number of aryl methyl sites for hydroxylation is 1. The number of anilines is 1. The smallest absolute Gasteiger partial charge is 0.431 e. The van der Waals surface area contributed by atoms with E-state index in [1.54, 1.807) is 6.33 Å². The molecule has 3 aromatic rings. The minimum Gasteiger partial charge on any atom is -0.431 e. The average molecular weight is 318 g/mol. The fraction of sp³-hybridized carbons (Fsp3) is 0.250. The van der Waals surface area contributed by atoms with Crippen LogP contribution in [0.4, 0.5) is 11.8 Å². The van der Waals surface area contributed by atoms with E-state index in [0.717, 1.165) is 18.4 Å². The summed E-state index contributed by atoms with van der Waals surface area (Å²) in [6.45, 7) is 0. The van der Waals surface area contributed by atoms with Gasteiger partial charge in [-0.25, -0.2) is 4.98 Å². The van der Waals surface area contributed by atoms with Crippen molar-refractivity contribution in [3.05, 3.63) is 46.6 Å². The summed E-state index contributed by atoms with van der Waals surface area (Å²) in [5.41, 5.74) is 4.09. The van der Waals surface area contributed by atoms with Crippen LogP contribution in [0.5, 0.6) is 0 Å². The molecule has 0 bridgehead atoms. The molecule has 1 atom stereocenters. The van der Waals surface area contributed by atoms with Crippen LogP contribution >= 0.6 is 0 Å². The zero-order valence-corrected chi connectivity index (χ0v) is 13.9. The lowest BCUT2D eigenvalue weighted by Gasteiger charge is -1.98. The molecule has 1 aliphatic carbocycles. The Hall–Kier alpha value is -2.41. The van der Waals surface area contributed by atoms with Crippen molar-refractivity contribution >= 4 is 38.4 Å². The van der Waals surface area contributed by atoms with E-state index in [1.807, 2.05) is 0 Å². The molecule has 2 aromatic heterocycles. The first-order chi connectivity index (χ1) is 11.3. The molecular weight excluding hydrogens is 303 g/mol. The van der Waals surface area contributed by atoms with Gasteiger partial charge in [0.25, 0.3) is 0 Å². The predicted molar refractivity (Wildman–Crippen MR) is 91.3 cm³/mol. The SMILES string of the molecule is [CH3][Al][NH]c1nc([N+]#CC2CCc3ccccc32)c2[nH]cnc2n1. The number of imidazole rings is 1. The number of nitrogens with one attached hydrogen (secondary N) is 2. The maximum atomic E-state index is 4.53. The van der Waals surface area contributed by atoms with Gasteiger partial charge in [-0.15, -0.1) is 0 Å². The highest BCUT2D eigenvalue weighted by Crippen LogP contribution is 2.33. The van der Waals surface area contributed by atoms with Crippen LogP contribution in [0.1, 0.15) is 23.5 Å². The third kappa shape index (κ3) is 2.68. The molecule has 1 unspecified atom stereocenters. The fourth-order valence-corrected chi connectivity index (χ4v) is 3.31. The van der Waals surface area contributed by atoms with Crippen LogP contribution in [0.2, 0.25) is 5.79 Å². The van der Waals surface area contributed by atoms with Crippen LogP contribution in [-0.4, -0.2) is 35.4 Å². The number of H-pyrrole nitrogens is 1. The van der Waals surface area contributed by atoms with Crippen molar-refractivity contribution in [3.8, 4) is 6.07 Å². The molecule has 1 aromatic carbocycles. The van der Waals surface area contributed by atoms with Crippen LogP contribution in [0.15, 0.2) is 30.6 Å². The molecule has 0 saturated heterocycles. The standard InChI is InChI=1S/C15H12N6.CH3.Al/c16-15-20-13(12-14(21-15)19-8-18-12)17-7-10-6-5-9-3-1-2-4-11(9)10;;/h1-4,8,10H,5-6H2,(H2-,16,18,19,20,21);1H3;/q;;+1. The zero-order chi connectivity index (χ0) is 15.6. The number of rotatable bonds is 2. The first kappa shape index (κ1) is 14.2. The Kier molecular flexibility index (Phi) is 3.71. The Morgan fingerprint density at radius 3 is 3.17 bits per heavy atom. The first-order valence-corrected chi connectivity index (χ1v) is 9.38. The topological polar surface area (TPSA) is 70.8 Å². The van der Waals surface area contributed by atoms with Gasteiger partial charge in [-0.05, 0) is 24.0 Å². The molecule has 6 nitrogen and oxygen atoms in total. The van der Waals surface area contributed by atoms with Crippen molar-refractivity contribution in [2.45, 2.75) is 24.5 Å². The summed E-state index contributed by atoms with van der Waals surface area (Å²) in [7, 11) is 0. The van der Waals surface area contributed by atoms with E-state index in [2.05, 4.69) is 65.2 Å². The third-order valence-corrected chi connectivity index (χ3v) is 4.55. The van der Waals surface area contributed by atoms with Crippen molar-refractivity contribution in [2.24, 2.45) is 0 Å². The van der Waals surface area contributed by atoms with Gasteiger partial charge in [0.05, 0.1) is 12.2 Å². The van der Waals surface area contributed by atoms with Crippen molar-refractivity contribution in [1.82, 2.24) is 19.9 Å². The molecule has 23 heavy (non-hydrogen) atoms. The van der Waals surface area contributed by atoms with E-state index in [1.165, 1.54) is 11.1 Å². The monoisotopic (exact) mass is 318 g/mol. The molecule has 2 N–H and O–H groups in total. The molecule has 0 spiro atoms. The summed E-state index contributed by atoms with van der Waals surface area (Å²) in [4.78, 5) is 20.6. The molecule has 0 aliphatic heterocycles. The van der Waals surface area contributed by atoms with Gasteiger partial charge in [0.1, 0.15) is 0 Å². The van der Waals surface area contributed by atoms with Crippen LogP contribution in [0.3, 0.4) is 0 Å². The Morgan fingerprint density at radius 2 is 2.26 bits per heavy atom. The molecule has 0 saturated carbocycles. The van der Waals surface area contributed by atoms with E-state index < -0.39 is 0 Å². The second kappa shape index (κ2) is 6.00. The number of aromatic nitrogens is 4. The summed E-state index contributed by atoms with van der Waals surface area (Å²) in [6, 6.07) is 11.8. The Morgan fingerprint density at radius 1 is 1.35 bits per heavy atom. The molecule has 7 heteroatoms. The largest absolute Gasteiger partial charge is 0.456 e. The number of nitrogens with zero attached hydrogens (tertiary/aromatic N) is 4. The molecule has 111 valence electrons. The molecule has 4 rings (SSSR count). The Balaban J connectivity index is 1.73. The van der Waals surface area contributed by atoms with Crippen LogP contribution < -0.4 is 4.30 Å². The third-order valence-electron chi connectivity index (χ3n) is 4.00. The molecule has 0 fully saturated rings. The van der Waals surface area contributed by atoms with Crippen molar-refractivity contribution in [1.29, 1.82) is 0 Å². The molecule has 2 heterocycles. The Bertz CT molecular complexity index is 923. The van der Waals surface area contributed by atoms with Gasteiger partial charge in [0.2, 0.25) is 0 Å². The lowest BCUT2D eigenvalue weighted by Crippen LogP contribution is -2.05. The highest BCUT2D eigenvalue weighted by atomic mass is 27.1. The number of hydrogen-bond acceptors (Lipinski definition) is 4. The van der Waals surface area contributed by atoms with Crippen molar-refractivity contribution < 1.29 is 0 Å². The minimum atomic E-state index is 0.0640. The summed E-state index contributed by atoms with van der Waals surface area (Å²) in [5.74, 6) is 3.48. The summed E-state index contributed by atoms with van der Waals surface area (Å²) < 4.78 is 3.19. The van der Waals surface area contributed by atoms with Crippen molar-refractivity contribution in [2.75, 3.05) is 4.30 Å². The Labute approximate surface area is 140 Å². The van der Waals surface area contributed by atoms with E-state index in [0.29, 0.717) is 17.4 Å². The van der Waals surface area contributed by atoms with E-state index >= 15 is 0 Å². The number of aromatic amines is 1. The van der Waals surface area contributed by atoms with E-state index in [4.69, 9.17) is 0 Å². The second-order valence-corrected chi connectivity index (χ2v) is 6.30. The zero-order valence-electron chi connectivity index (χ0n) is 12.7. The minimum absolute atomic E-state index is 0.0640. The first-order valence-electron chi connectivity index (χ1n) is 7.64. The van der Waals surface area contributed by atoms with Gasteiger partial charge in [0, 0.05) is 4.98 Å². The molecule has 1 aliphatic rings. The van der Waals surface area contributed by atoms with Crippen molar-refractivity contribution in [3.63, 3.8) is 0 Å². The van der Waals surface area contributed by atoms with Gasteiger partial charge in [-0.1, -0.05) is 30.1 Å². The maximum Gasteiger partial charge on any atom is 0.456 e. The summed E-state index contributed by atoms with van der Waals surface area (Å²) in [5, 5.41) is 0. The predicted octanol–water partition coefficient (Wildman–Crippen LogP) is 3.13. The van der Waals surface area contributed by atoms with E-state index in [-0.39, 0.29) is 21.4 Å². The quantitative estimate of drug-likeness (QED) is 0.712. The lowest BCUT2D eigenvalue weighted by molar-refractivity contribution is 0.835. The molecular formula is C16H15AlN6+. The van der Waals surface area contributed by atoms with Crippen LogP contribution in [-0.2, 0) is 6.42 Å². The summed E-state index contributed by atoms with van der Waals surface area (Å²) in [6.07, 6.45) is 3.74.